The summed E-state index contributed by atoms with van der Waals surface area (Å²) in [6.45, 7) is 4.22. The molecule has 0 aliphatic carbocycles. The highest BCUT2D eigenvalue weighted by molar-refractivity contribution is 5.56. The first-order chi connectivity index (χ1) is 7.58. The Bertz CT molecular complexity index is 301. The first kappa shape index (κ1) is 12.8. The Balaban J connectivity index is 2.26. The van der Waals surface area contributed by atoms with Gasteiger partial charge in [-0.25, -0.2) is 0 Å². The minimum absolute atomic E-state index is 0.829. The molecule has 0 atom stereocenters. The Morgan fingerprint density at radius 1 is 1.19 bits per heavy atom. The number of nitrogens with two attached hydrogens (primary N) is 1. The summed E-state index contributed by atoms with van der Waals surface area (Å²) in [5.74, 6) is 0. The Hall–Kier alpha value is -1.22. The van der Waals surface area contributed by atoms with Gasteiger partial charge in [-0.3, -0.25) is 0 Å². The van der Waals surface area contributed by atoms with Crippen molar-refractivity contribution in [3.05, 3.63) is 23.8 Å². The number of nitrogen functional groups attached to an aromatic ring is 1. The molecule has 0 fully saturated rings. The van der Waals surface area contributed by atoms with E-state index >= 15 is 0 Å². The number of nitrogens with zero attached hydrogens (tertiary/aromatic N) is 1. The molecule has 0 aliphatic rings. The molecule has 0 unspecified atom stereocenters. The van der Waals surface area contributed by atoms with E-state index in [2.05, 4.69) is 37.3 Å². The van der Waals surface area contributed by atoms with Crippen LogP contribution in [0.3, 0.4) is 0 Å². The quantitative estimate of drug-likeness (QED) is 0.572. The molecule has 3 heteroatoms. The molecule has 0 radical (unpaired) electrons. The zero-order valence-electron chi connectivity index (χ0n) is 10.6. The van der Waals surface area contributed by atoms with Crippen LogP contribution in [0.15, 0.2) is 18.2 Å². The molecule has 16 heavy (non-hydrogen) atoms. The number of hydrogen-bond donors (Lipinski definition) is 2. The van der Waals surface area contributed by atoms with Crippen LogP contribution in [-0.4, -0.2) is 32.1 Å². The van der Waals surface area contributed by atoms with Crippen LogP contribution in [0, 0.1) is 6.92 Å². The molecule has 0 saturated heterocycles. The number of nitrogens with one attached hydrogen (secondary N) is 1. The fourth-order valence-electron chi connectivity index (χ4n) is 1.70. The summed E-state index contributed by atoms with van der Waals surface area (Å²) in [4.78, 5) is 2.21. The van der Waals surface area contributed by atoms with E-state index < -0.39 is 0 Å². The average Bonchev–Trinajstić information content (AvgIpc) is 2.15. The molecule has 0 aliphatic heterocycles. The third kappa shape index (κ3) is 5.03. The van der Waals surface area contributed by atoms with E-state index in [-0.39, 0.29) is 0 Å². The van der Waals surface area contributed by atoms with Gasteiger partial charge in [0.05, 0.1) is 0 Å². The molecule has 0 bridgehead atoms. The van der Waals surface area contributed by atoms with Crippen LogP contribution in [0.4, 0.5) is 11.4 Å². The van der Waals surface area contributed by atoms with E-state index in [1.807, 2.05) is 12.1 Å². The minimum Gasteiger partial charge on any atom is -0.399 e. The lowest BCUT2D eigenvalue weighted by molar-refractivity contribution is 0.396. The van der Waals surface area contributed by atoms with E-state index in [1.165, 1.54) is 18.4 Å². The maximum Gasteiger partial charge on any atom is 0.0363 e. The highest BCUT2D eigenvalue weighted by atomic mass is 15.0. The van der Waals surface area contributed by atoms with Gasteiger partial charge in [0.2, 0.25) is 0 Å². The van der Waals surface area contributed by atoms with Gasteiger partial charge >= 0.3 is 0 Å². The first-order valence-electron chi connectivity index (χ1n) is 5.83. The number of hydrogen-bond acceptors (Lipinski definition) is 3. The molecule has 0 heterocycles. The van der Waals surface area contributed by atoms with E-state index in [9.17, 15) is 0 Å². The predicted octanol–water partition coefficient (Wildman–Crippen LogP) is 2.33. The van der Waals surface area contributed by atoms with Gasteiger partial charge in [-0.1, -0.05) is 0 Å². The summed E-state index contributed by atoms with van der Waals surface area (Å²) in [6.07, 6.45) is 2.41. The van der Waals surface area contributed by atoms with E-state index in [4.69, 9.17) is 5.73 Å². The van der Waals surface area contributed by atoms with E-state index in [0.29, 0.717) is 0 Å². The molecular weight excluding hydrogens is 198 g/mol. The molecule has 0 aromatic heterocycles. The normalized spacial score (nSPS) is 10.8. The maximum atomic E-state index is 5.78. The van der Waals surface area contributed by atoms with Crippen LogP contribution in [0.5, 0.6) is 0 Å². The number of benzene rings is 1. The number of rotatable bonds is 6. The molecule has 0 saturated carbocycles. The molecule has 3 N–H and O–H groups in total. The molecule has 1 aromatic rings. The van der Waals surface area contributed by atoms with Crippen LogP contribution < -0.4 is 11.1 Å². The van der Waals surface area contributed by atoms with E-state index in [0.717, 1.165) is 24.5 Å². The van der Waals surface area contributed by atoms with Gasteiger partial charge in [0, 0.05) is 17.9 Å². The van der Waals surface area contributed by atoms with Gasteiger partial charge < -0.3 is 16.0 Å². The lowest BCUT2D eigenvalue weighted by atomic mass is 10.2. The van der Waals surface area contributed by atoms with Crippen molar-refractivity contribution in [2.24, 2.45) is 0 Å². The molecule has 1 aromatic carbocycles. The summed E-state index contributed by atoms with van der Waals surface area (Å²) < 4.78 is 0. The molecular formula is C13H23N3. The number of aryl methyl sites for hydroxylation is 1. The number of unbranched alkanes of at least 4 members (excludes halogenated alkanes) is 1. The summed E-state index contributed by atoms with van der Waals surface area (Å²) in [5.41, 5.74) is 8.94. The lowest BCUT2D eigenvalue weighted by Crippen LogP contribution is -2.14. The first-order valence-corrected chi connectivity index (χ1v) is 5.83. The largest absolute Gasteiger partial charge is 0.399 e. The lowest BCUT2D eigenvalue weighted by Gasteiger charge is -2.11. The fourth-order valence-corrected chi connectivity index (χ4v) is 1.70. The molecule has 0 spiro atoms. The van der Waals surface area contributed by atoms with Crippen LogP contribution in [0.2, 0.25) is 0 Å². The van der Waals surface area contributed by atoms with Crippen LogP contribution in [-0.2, 0) is 0 Å². The van der Waals surface area contributed by atoms with Crippen molar-refractivity contribution in [1.29, 1.82) is 0 Å². The van der Waals surface area contributed by atoms with Gasteiger partial charge in [0.15, 0.2) is 0 Å². The highest BCUT2D eigenvalue weighted by Gasteiger charge is 1.96. The second kappa shape index (κ2) is 6.38. The monoisotopic (exact) mass is 221 g/mol. The topological polar surface area (TPSA) is 41.3 Å². The standard InChI is InChI=1S/C13H23N3/c1-11-8-12(14)10-13(9-11)15-6-4-5-7-16(2)3/h8-10,15H,4-7,14H2,1-3H3. The Morgan fingerprint density at radius 2 is 1.94 bits per heavy atom. The summed E-state index contributed by atoms with van der Waals surface area (Å²) in [6, 6.07) is 6.10. The van der Waals surface area contributed by atoms with Crippen molar-refractivity contribution in [3.63, 3.8) is 0 Å². The van der Waals surface area contributed by atoms with Crippen molar-refractivity contribution >= 4 is 11.4 Å². The minimum atomic E-state index is 0.829. The van der Waals surface area contributed by atoms with Crippen molar-refractivity contribution < 1.29 is 0 Å². The van der Waals surface area contributed by atoms with Gasteiger partial charge in [-0.05, 0) is 64.2 Å². The van der Waals surface area contributed by atoms with Gasteiger partial charge in [0.25, 0.3) is 0 Å². The van der Waals surface area contributed by atoms with Gasteiger partial charge in [0.1, 0.15) is 0 Å². The van der Waals surface area contributed by atoms with Crippen LogP contribution >= 0.6 is 0 Å². The maximum absolute atomic E-state index is 5.78. The Morgan fingerprint density at radius 3 is 2.56 bits per heavy atom. The molecule has 1 rings (SSSR count). The van der Waals surface area contributed by atoms with Crippen molar-refractivity contribution in [2.45, 2.75) is 19.8 Å². The van der Waals surface area contributed by atoms with Crippen molar-refractivity contribution in [3.8, 4) is 0 Å². The molecule has 0 amide bonds. The van der Waals surface area contributed by atoms with Crippen LogP contribution in [0.25, 0.3) is 0 Å². The zero-order valence-corrected chi connectivity index (χ0v) is 10.6. The van der Waals surface area contributed by atoms with Crippen molar-refractivity contribution in [2.75, 3.05) is 38.2 Å². The average molecular weight is 221 g/mol. The Kier molecular flexibility index (Phi) is 5.12. The fraction of sp³-hybridized carbons (Fsp3) is 0.538. The van der Waals surface area contributed by atoms with E-state index in [1.54, 1.807) is 0 Å². The van der Waals surface area contributed by atoms with Crippen LogP contribution in [0.1, 0.15) is 18.4 Å². The zero-order chi connectivity index (χ0) is 12.0. The third-order valence-electron chi connectivity index (χ3n) is 2.46. The molecule has 90 valence electrons. The summed E-state index contributed by atoms with van der Waals surface area (Å²) in [7, 11) is 4.21. The Labute approximate surface area is 98.6 Å². The second-order valence-corrected chi connectivity index (χ2v) is 4.57. The second-order valence-electron chi connectivity index (χ2n) is 4.57. The SMILES string of the molecule is Cc1cc(N)cc(NCCCCN(C)C)c1. The van der Waals surface area contributed by atoms with Gasteiger partial charge in [-0.2, -0.15) is 0 Å². The van der Waals surface area contributed by atoms with Gasteiger partial charge in [-0.15, -0.1) is 0 Å². The number of anilines is 2. The predicted molar refractivity (Wildman–Crippen MR) is 71.9 cm³/mol. The summed E-state index contributed by atoms with van der Waals surface area (Å²) in [5, 5.41) is 3.40. The smallest absolute Gasteiger partial charge is 0.0363 e. The molecule has 3 nitrogen and oxygen atoms in total. The third-order valence-corrected chi connectivity index (χ3v) is 2.46. The highest BCUT2D eigenvalue weighted by Crippen LogP contribution is 2.15. The summed E-state index contributed by atoms with van der Waals surface area (Å²) >= 11 is 0. The van der Waals surface area contributed by atoms with Crippen molar-refractivity contribution in [1.82, 2.24) is 4.90 Å².